The first-order valence-corrected chi connectivity index (χ1v) is 6.62. The summed E-state index contributed by atoms with van der Waals surface area (Å²) in [6, 6.07) is 0. The molecule has 16 heavy (non-hydrogen) atoms. The van der Waals surface area contributed by atoms with Gasteiger partial charge in [0.2, 0.25) is 3.79 Å². The summed E-state index contributed by atoms with van der Waals surface area (Å²) in [7, 11) is -1.75. The van der Waals surface area contributed by atoms with Gasteiger partial charge in [-0.15, -0.1) is 0 Å². The van der Waals surface area contributed by atoms with Gasteiger partial charge in [0.05, 0.1) is 0 Å². The number of phosphoric acid groups is 1. The van der Waals surface area contributed by atoms with Crippen molar-refractivity contribution in [3.05, 3.63) is 0 Å². The molecule has 1 atom stereocenters. The molecule has 5 nitrogen and oxygen atoms in total. The second-order valence-electron chi connectivity index (χ2n) is 2.99. The minimum atomic E-state index is -3.93. The average molecular weight is 314 g/mol. The van der Waals surface area contributed by atoms with Crippen LogP contribution in [0.3, 0.4) is 0 Å². The first-order valence-electron chi connectivity index (χ1n) is 4.02. The molecule has 0 aromatic heterocycles. The van der Waals surface area contributed by atoms with E-state index in [0.29, 0.717) is 0 Å². The molecule has 0 saturated heterocycles. The average Bonchev–Trinajstić information content (AvgIpc) is 2.15. The zero-order valence-electron chi connectivity index (χ0n) is 9.12. The van der Waals surface area contributed by atoms with Crippen LogP contribution in [0, 0.1) is 0 Å². The molecule has 0 heterocycles. The Labute approximate surface area is 109 Å². The number of hydrogen-bond acceptors (Lipinski definition) is 5. The van der Waals surface area contributed by atoms with Crippen LogP contribution in [0.2, 0.25) is 0 Å². The molecule has 0 spiro atoms. The molecule has 0 bridgehead atoms. The summed E-state index contributed by atoms with van der Waals surface area (Å²) < 4.78 is 23.6. The predicted molar refractivity (Wildman–Crippen MR) is 62.1 cm³/mol. The van der Waals surface area contributed by atoms with Gasteiger partial charge in [-0.05, 0) is 13.8 Å². The summed E-state index contributed by atoms with van der Waals surface area (Å²) in [6.45, 7) is 2.32. The monoisotopic (exact) mass is 312 g/mol. The van der Waals surface area contributed by atoms with E-state index < -0.39 is 23.0 Å². The Kier molecular flexibility index (Phi) is 5.75. The Morgan fingerprint density at radius 1 is 1.19 bits per heavy atom. The largest absolute Gasteiger partial charge is 0.475 e. The third kappa shape index (κ3) is 3.57. The highest BCUT2D eigenvalue weighted by atomic mass is 35.6. The van der Waals surface area contributed by atoms with Crippen molar-refractivity contribution in [1.29, 1.82) is 0 Å². The molecule has 0 radical (unpaired) electrons. The number of carbonyl (C=O) groups excluding carboxylic acids is 1. The van der Waals surface area contributed by atoms with Crippen LogP contribution in [-0.4, -0.2) is 29.4 Å². The van der Waals surface area contributed by atoms with Crippen molar-refractivity contribution in [3.8, 4) is 0 Å². The molecule has 96 valence electrons. The van der Waals surface area contributed by atoms with E-state index in [0.717, 1.165) is 21.1 Å². The molecule has 0 rings (SSSR count). The molecule has 9 heteroatoms. The summed E-state index contributed by atoms with van der Waals surface area (Å²) in [5.74, 6) is -0.623. The maximum absolute atomic E-state index is 11.7. The Morgan fingerprint density at radius 3 is 1.75 bits per heavy atom. The third-order valence-electron chi connectivity index (χ3n) is 1.95. The quantitative estimate of drug-likeness (QED) is 0.576. The van der Waals surface area contributed by atoms with E-state index in [1.54, 1.807) is 0 Å². The molecule has 0 amide bonds. The summed E-state index contributed by atoms with van der Waals surface area (Å²) in [5, 5.41) is 0. The number of hydrogen-bond donors (Lipinski definition) is 0. The van der Waals surface area contributed by atoms with Crippen molar-refractivity contribution < 1.29 is 22.9 Å². The van der Waals surface area contributed by atoms with Crippen LogP contribution >= 0.6 is 42.6 Å². The van der Waals surface area contributed by atoms with E-state index in [4.69, 9.17) is 39.3 Å². The Morgan fingerprint density at radius 2 is 1.56 bits per heavy atom. The topological polar surface area (TPSA) is 61.8 Å². The number of Topliss-reactive ketones (excluding diaryl/α,β-unsaturated/α-hetero) is 1. The maximum Gasteiger partial charge on any atom is 0.475 e. The number of carbonyl (C=O) groups is 1. The highest BCUT2D eigenvalue weighted by molar-refractivity contribution is 7.48. The SMILES string of the molecule is COP(=O)(OC)OC(C)(C(C)=O)C(Cl)(Cl)Cl. The first-order chi connectivity index (χ1) is 7.02. The van der Waals surface area contributed by atoms with Crippen LogP contribution in [0.4, 0.5) is 0 Å². The Hall–Kier alpha value is 0.650. The lowest BCUT2D eigenvalue weighted by molar-refractivity contribution is -0.132. The number of rotatable bonds is 5. The fraction of sp³-hybridized carbons (Fsp3) is 0.857. The van der Waals surface area contributed by atoms with E-state index in [-0.39, 0.29) is 0 Å². The number of ketones is 1. The third-order valence-corrected chi connectivity index (χ3v) is 4.52. The summed E-state index contributed by atoms with van der Waals surface area (Å²) in [6.07, 6.45) is 0. The number of halogens is 3. The first kappa shape index (κ1) is 16.6. The standard InChI is InChI=1S/C7H12Cl3O5P/c1-5(11)6(2,7(8,9)10)15-16(12,13-3)14-4/h1-4H3. The molecule has 0 aliphatic rings. The van der Waals surface area contributed by atoms with Crippen molar-refractivity contribution in [3.63, 3.8) is 0 Å². The van der Waals surface area contributed by atoms with Gasteiger partial charge in [0.25, 0.3) is 0 Å². The molecular formula is C7H12Cl3O5P. The summed E-state index contributed by atoms with van der Waals surface area (Å²) in [4.78, 5) is 11.4. The van der Waals surface area contributed by atoms with Crippen LogP contribution in [0.1, 0.15) is 13.8 Å². The van der Waals surface area contributed by atoms with Crippen molar-refractivity contribution in [2.24, 2.45) is 0 Å². The van der Waals surface area contributed by atoms with E-state index in [1.807, 2.05) is 0 Å². The highest BCUT2D eigenvalue weighted by Crippen LogP contribution is 2.56. The van der Waals surface area contributed by atoms with Gasteiger partial charge >= 0.3 is 7.82 Å². The molecule has 0 fully saturated rings. The van der Waals surface area contributed by atoms with Gasteiger partial charge in [-0.2, -0.15) is 0 Å². The lowest BCUT2D eigenvalue weighted by atomic mass is 10.1. The number of alkyl halides is 3. The van der Waals surface area contributed by atoms with Gasteiger partial charge in [0.1, 0.15) is 0 Å². The van der Waals surface area contributed by atoms with E-state index in [1.165, 1.54) is 6.92 Å². The minimum absolute atomic E-state index is 0.623. The van der Waals surface area contributed by atoms with Crippen LogP contribution in [0.25, 0.3) is 0 Å². The van der Waals surface area contributed by atoms with Gasteiger partial charge in [-0.25, -0.2) is 4.57 Å². The zero-order valence-corrected chi connectivity index (χ0v) is 12.3. The Bertz CT molecular complexity index is 308. The smallest absolute Gasteiger partial charge is 0.297 e. The predicted octanol–water partition coefficient (Wildman–Crippen LogP) is 3.12. The lowest BCUT2D eigenvalue weighted by Gasteiger charge is -2.34. The molecule has 0 aliphatic heterocycles. The van der Waals surface area contributed by atoms with Crippen LogP contribution in [0.15, 0.2) is 0 Å². The zero-order chi connectivity index (χ0) is 13.2. The van der Waals surface area contributed by atoms with Crippen LogP contribution in [-0.2, 0) is 22.9 Å². The van der Waals surface area contributed by atoms with Crippen molar-refractivity contribution >= 4 is 48.4 Å². The summed E-state index contributed by atoms with van der Waals surface area (Å²) >= 11 is 16.8. The van der Waals surface area contributed by atoms with Gasteiger partial charge in [0.15, 0.2) is 11.4 Å². The molecule has 1 unspecified atom stereocenters. The molecular weight excluding hydrogens is 301 g/mol. The van der Waals surface area contributed by atoms with E-state index in [9.17, 15) is 9.36 Å². The molecule has 0 aromatic rings. The fourth-order valence-electron chi connectivity index (χ4n) is 0.688. The van der Waals surface area contributed by atoms with Gasteiger partial charge in [0, 0.05) is 14.2 Å². The van der Waals surface area contributed by atoms with Crippen molar-refractivity contribution in [1.82, 2.24) is 0 Å². The highest BCUT2D eigenvalue weighted by Gasteiger charge is 2.54. The van der Waals surface area contributed by atoms with Crippen molar-refractivity contribution in [2.45, 2.75) is 23.2 Å². The molecule has 0 aliphatic carbocycles. The lowest BCUT2D eigenvalue weighted by Crippen LogP contribution is -2.48. The second-order valence-corrected chi connectivity index (χ2v) is 7.08. The second kappa shape index (κ2) is 5.53. The molecule has 0 saturated carbocycles. The molecule has 0 N–H and O–H groups in total. The van der Waals surface area contributed by atoms with E-state index in [2.05, 4.69) is 9.05 Å². The minimum Gasteiger partial charge on any atom is -0.297 e. The number of phosphoric ester groups is 1. The van der Waals surface area contributed by atoms with Crippen LogP contribution < -0.4 is 0 Å². The fourth-order valence-corrected chi connectivity index (χ4v) is 2.38. The molecule has 0 aromatic carbocycles. The summed E-state index contributed by atoms with van der Waals surface area (Å²) in [5.41, 5.74) is -1.93. The van der Waals surface area contributed by atoms with Gasteiger partial charge in [-0.3, -0.25) is 18.4 Å². The Balaban J connectivity index is 5.28. The normalized spacial score (nSPS) is 16.9. The van der Waals surface area contributed by atoms with E-state index >= 15 is 0 Å². The van der Waals surface area contributed by atoms with Crippen LogP contribution in [0.5, 0.6) is 0 Å². The van der Waals surface area contributed by atoms with Crippen molar-refractivity contribution in [2.75, 3.05) is 14.2 Å². The maximum atomic E-state index is 11.7. The van der Waals surface area contributed by atoms with Gasteiger partial charge < -0.3 is 0 Å². The van der Waals surface area contributed by atoms with Gasteiger partial charge in [-0.1, -0.05) is 34.8 Å².